The Morgan fingerprint density at radius 3 is 2.84 bits per heavy atom. The summed E-state index contributed by atoms with van der Waals surface area (Å²) in [5, 5.41) is 14.6. The van der Waals surface area contributed by atoms with Crippen LogP contribution in [0.25, 0.3) is 0 Å². The second-order valence-corrected chi connectivity index (χ2v) is 5.47. The van der Waals surface area contributed by atoms with Gasteiger partial charge in [0, 0.05) is 11.6 Å². The molecule has 8 nitrogen and oxygen atoms in total. The van der Waals surface area contributed by atoms with Crippen molar-refractivity contribution in [1.82, 2.24) is 5.43 Å². The fourth-order valence-electron chi connectivity index (χ4n) is 2.14. The number of nitrogens with zero attached hydrogens (tertiary/aromatic N) is 2. The Hall–Kier alpha value is -3.13. The summed E-state index contributed by atoms with van der Waals surface area (Å²) in [5.41, 5.74) is 2.50. The van der Waals surface area contributed by atoms with Crippen molar-refractivity contribution in [2.24, 2.45) is 5.10 Å². The third kappa shape index (κ3) is 3.86. The fourth-order valence-corrected chi connectivity index (χ4v) is 2.33. The number of fused-ring (bicyclic) bond motifs is 1. The molecule has 1 atom stereocenters. The van der Waals surface area contributed by atoms with Gasteiger partial charge in [-0.3, -0.25) is 14.9 Å². The zero-order valence-electron chi connectivity index (χ0n) is 12.7. The van der Waals surface area contributed by atoms with Gasteiger partial charge in [-0.25, -0.2) is 5.43 Å². The van der Waals surface area contributed by atoms with E-state index in [2.05, 4.69) is 10.5 Å². The summed E-state index contributed by atoms with van der Waals surface area (Å²) < 4.78 is 11.0. The zero-order chi connectivity index (χ0) is 17.8. The number of hydrazone groups is 1. The molecule has 0 spiro atoms. The van der Waals surface area contributed by atoms with Crippen LogP contribution >= 0.6 is 11.6 Å². The van der Waals surface area contributed by atoms with Crippen molar-refractivity contribution in [2.75, 3.05) is 6.61 Å². The molecule has 25 heavy (non-hydrogen) atoms. The van der Waals surface area contributed by atoms with Crippen LogP contribution in [-0.4, -0.2) is 29.8 Å². The van der Waals surface area contributed by atoms with Crippen molar-refractivity contribution < 1.29 is 19.2 Å². The molecule has 3 rings (SSSR count). The van der Waals surface area contributed by atoms with Gasteiger partial charge in [0.1, 0.15) is 11.6 Å². The van der Waals surface area contributed by atoms with Crippen molar-refractivity contribution in [3.05, 3.63) is 63.2 Å². The number of hydrogen-bond donors (Lipinski definition) is 1. The molecule has 1 aliphatic rings. The number of carbonyl (C=O) groups excluding carboxylic acids is 1. The summed E-state index contributed by atoms with van der Waals surface area (Å²) in [7, 11) is 0. The number of nitrogens with one attached hydrogen (secondary N) is 1. The fraction of sp³-hybridized carbons (Fsp3) is 0.125. The number of nitro groups is 1. The summed E-state index contributed by atoms with van der Waals surface area (Å²) in [6.07, 6.45) is 0.436. The number of para-hydroxylation sites is 2. The largest absolute Gasteiger partial charge is 0.485 e. The van der Waals surface area contributed by atoms with E-state index in [1.54, 1.807) is 30.3 Å². The van der Waals surface area contributed by atoms with Gasteiger partial charge in [-0.05, 0) is 18.2 Å². The molecule has 0 saturated carbocycles. The maximum absolute atomic E-state index is 12.1. The van der Waals surface area contributed by atoms with Crippen LogP contribution in [-0.2, 0) is 4.79 Å². The molecule has 128 valence electrons. The highest BCUT2D eigenvalue weighted by molar-refractivity contribution is 6.32. The van der Waals surface area contributed by atoms with Crippen molar-refractivity contribution in [3.63, 3.8) is 0 Å². The number of hydrogen-bond acceptors (Lipinski definition) is 6. The number of nitro benzene ring substituents is 1. The van der Waals surface area contributed by atoms with Crippen LogP contribution in [0.5, 0.6) is 11.5 Å². The van der Waals surface area contributed by atoms with Crippen LogP contribution in [0.15, 0.2) is 47.6 Å². The topological polar surface area (TPSA) is 103 Å². The second-order valence-electron chi connectivity index (χ2n) is 5.07. The van der Waals surface area contributed by atoms with E-state index in [4.69, 9.17) is 21.1 Å². The Labute approximate surface area is 147 Å². The molecule has 2 aromatic rings. The van der Waals surface area contributed by atoms with Gasteiger partial charge in [-0.2, -0.15) is 5.10 Å². The molecule has 2 aromatic carbocycles. The lowest BCUT2D eigenvalue weighted by atomic mass is 10.2. The summed E-state index contributed by atoms with van der Waals surface area (Å²) in [4.78, 5) is 22.3. The summed E-state index contributed by atoms with van der Waals surface area (Å²) >= 11 is 5.73. The van der Waals surface area contributed by atoms with Crippen LogP contribution in [0, 0.1) is 10.1 Å². The second kappa shape index (κ2) is 7.18. The molecule has 1 aliphatic heterocycles. The molecular weight excluding hydrogens is 350 g/mol. The van der Waals surface area contributed by atoms with E-state index < -0.39 is 16.9 Å². The van der Waals surface area contributed by atoms with E-state index in [1.807, 2.05) is 0 Å². The predicted molar refractivity (Wildman–Crippen MR) is 90.2 cm³/mol. The number of ether oxygens (including phenoxy) is 2. The smallest absolute Gasteiger partial charge is 0.288 e. The van der Waals surface area contributed by atoms with Crippen LogP contribution < -0.4 is 14.9 Å². The number of amides is 1. The number of halogens is 1. The van der Waals surface area contributed by atoms with Gasteiger partial charge >= 0.3 is 0 Å². The number of rotatable bonds is 4. The lowest BCUT2D eigenvalue weighted by molar-refractivity contribution is -0.384. The van der Waals surface area contributed by atoms with Gasteiger partial charge in [0.15, 0.2) is 11.5 Å². The highest BCUT2D eigenvalue weighted by atomic mass is 35.5. The van der Waals surface area contributed by atoms with Gasteiger partial charge in [0.25, 0.3) is 11.6 Å². The molecule has 0 radical (unpaired) electrons. The number of carbonyl (C=O) groups is 1. The molecule has 0 unspecified atom stereocenters. The first-order chi connectivity index (χ1) is 12.0. The van der Waals surface area contributed by atoms with E-state index in [-0.39, 0.29) is 17.3 Å². The Balaban J connectivity index is 1.62. The Morgan fingerprint density at radius 1 is 1.32 bits per heavy atom. The highest BCUT2D eigenvalue weighted by Gasteiger charge is 2.27. The van der Waals surface area contributed by atoms with Crippen LogP contribution in [0.3, 0.4) is 0 Å². The third-order valence-electron chi connectivity index (χ3n) is 3.36. The minimum absolute atomic E-state index is 0.0256. The van der Waals surface area contributed by atoms with E-state index in [0.29, 0.717) is 17.1 Å². The lowest BCUT2D eigenvalue weighted by Gasteiger charge is -2.24. The quantitative estimate of drug-likeness (QED) is 0.512. The first kappa shape index (κ1) is 16.7. The maximum atomic E-state index is 12.1. The van der Waals surface area contributed by atoms with Gasteiger partial charge in [-0.1, -0.05) is 29.8 Å². The van der Waals surface area contributed by atoms with E-state index >= 15 is 0 Å². The average Bonchev–Trinajstić information content (AvgIpc) is 2.62. The average molecular weight is 362 g/mol. The van der Waals surface area contributed by atoms with Crippen LogP contribution in [0.1, 0.15) is 5.56 Å². The van der Waals surface area contributed by atoms with Crippen molar-refractivity contribution in [2.45, 2.75) is 6.10 Å². The monoisotopic (exact) mass is 361 g/mol. The molecular formula is C16H12ClN3O5. The molecule has 1 N–H and O–H groups in total. The standard InChI is InChI=1S/C16H12ClN3O5/c17-11-6-5-10(7-12(11)20(22)23)8-18-19-16(21)15-9-24-13-3-1-2-4-14(13)25-15/h1-8,15H,9H2,(H,19,21)/b18-8-/t15-/m1/s1. The predicted octanol–water partition coefficient (Wildman–Crippen LogP) is 2.54. The molecule has 0 bridgehead atoms. The molecule has 0 fully saturated rings. The van der Waals surface area contributed by atoms with Crippen molar-refractivity contribution in [3.8, 4) is 11.5 Å². The Bertz CT molecular complexity index is 855. The molecule has 1 amide bonds. The highest BCUT2D eigenvalue weighted by Crippen LogP contribution is 2.30. The van der Waals surface area contributed by atoms with E-state index in [9.17, 15) is 14.9 Å². The lowest BCUT2D eigenvalue weighted by Crippen LogP contribution is -2.42. The van der Waals surface area contributed by atoms with Crippen molar-refractivity contribution in [1.29, 1.82) is 0 Å². The molecule has 9 heteroatoms. The SMILES string of the molecule is O=C(N/N=C\c1ccc(Cl)c([N+](=O)[O-])c1)[C@H]1COc2ccccc2O1. The zero-order valence-corrected chi connectivity index (χ0v) is 13.5. The van der Waals surface area contributed by atoms with E-state index in [0.717, 1.165) is 0 Å². The van der Waals surface area contributed by atoms with Gasteiger partial charge < -0.3 is 9.47 Å². The third-order valence-corrected chi connectivity index (χ3v) is 3.68. The molecule has 1 heterocycles. The van der Waals surface area contributed by atoms with Crippen LogP contribution in [0.4, 0.5) is 5.69 Å². The number of benzene rings is 2. The summed E-state index contributed by atoms with van der Waals surface area (Å²) in [6, 6.07) is 11.2. The maximum Gasteiger partial charge on any atom is 0.288 e. The van der Waals surface area contributed by atoms with Crippen LogP contribution in [0.2, 0.25) is 5.02 Å². The first-order valence-electron chi connectivity index (χ1n) is 7.20. The molecule has 0 aromatic heterocycles. The minimum Gasteiger partial charge on any atom is -0.485 e. The molecule has 0 saturated heterocycles. The summed E-state index contributed by atoms with van der Waals surface area (Å²) in [6.45, 7) is 0.0603. The Kier molecular flexibility index (Phi) is 4.80. The van der Waals surface area contributed by atoms with Gasteiger partial charge in [0.2, 0.25) is 6.10 Å². The Morgan fingerprint density at radius 2 is 2.08 bits per heavy atom. The first-order valence-corrected chi connectivity index (χ1v) is 7.58. The van der Waals surface area contributed by atoms with Crippen molar-refractivity contribution >= 4 is 29.4 Å². The minimum atomic E-state index is -0.841. The molecule has 0 aliphatic carbocycles. The van der Waals surface area contributed by atoms with Gasteiger partial charge in [0.05, 0.1) is 11.1 Å². The normalized spacial score (nSPS) is 15.8. The summed E-state index contributed by atoms with van der Waals surface area (Å²) in [5.74, 6) is 0.559. The van der Waals surface area contributed by atoms with Gasteiger partial charge in [-0.15, -0.1) is 0 Å². The van der Waals surface area contributed by atoms with E-state index in [1.165, 1.54) is 18.3 Å².